The summed E-state index contributed by atoms with van der Waals surface area (Å²) in [6.45, 7) is 0. The first-order valence-electron chi connectivity index (χ1n) is 7.00. The van der Waals surface area contributed by atoms with Gasteiger partial charge in [0, 0.05) is 10.6 Å². The molecule has 0 amide bonds. The number of hydrogen-bond donors (Lipinski definition) is 0. The van der Waals surface area contributed by atoms with Crippen LogP contribution >= 0.6 is 11.6 Å². The Morgan fingerprint density at radius 2 is 1.05 bits per heavy atom. The summed E-state index contributed by atoms with van der Waals surface area (Å²) in [6, 6.07) is 26.7. The zero-order chi connectivity index (χ0) is 15.2. The third-order valence-corrected chi connectivity index (χ3v) is 3.37. The number of hydrogen-bond acceptors (Lipinski definition) is 2. The average molecular weight is 311 g/mol. The van der Waals surface area contributed by atoms with E-state index in [1.165, 1.54) is 0 Å². The molecule has 3 aromatic carbocycles. The van der Waals surface area contributed by atoms with E-state index in [1.54, 1.807) is 0 Å². The van der Waals surface area contributed by atoms with Crippen LogP contribution in [-0.2, 0) is 0 Å². The lowest BCUT2D eigenvalue weighted by Crippen LogP contribution is -2.14. The molecule has 0 aliphatic carbocycles. The van der Waals surface area contributed by atoms with E-state index in [0.29, 0.717) is 5.02 Å². The molecule has 0 heterocycles. The van der Waals surface area contributed by atoms with E-state index in [1.807, 2.05) is 84.9 Å². The van der Waals surface area contributed by atoms with Gasteiger partial charge in [0.2, 0.25) is 0 Å². The molecule has 110 valence electrons. The minimum absolute atomic E-state index is 0.540. The van der Waals surface area contributed by atoms with Crippen LogP contribution in [0.2, 0.25) is 5.02 Å². The van der Waals surface area contributed by atoms with E-state index in [-0.39, 0.29) is 0 Å². The Balaban J connectivity index is 1.86. The molecule has 0 saturated heterocycles. The Bertz CT molecular complexity index is 655. The third-order valence-electron chi connectivity index (χ3n) is 3.11. The zero-order valence-electron chi connectivity index (χ0n) is 11.9. The second-order valence-electron chi connectivity index (χ2n) is 4.75. The molecule has 0 aliphatic rings. The normalized spacial score (nSPS) is 10.5. The Morgan fingerprint density at radius 3 is 1.50 bits per heavy atom. The van der Waals surface area contributed by atoms with Gasteiger partial charge in [-0.15, -0.1) is 0 Å². The van der Waals surface area contributed by atoms with Crippen LogP contribution in [0.5, 0.6) is 11.5 Å². The summed E-state index contributed by atoms with van der Waals surface area (Å²) in [5.41, 5.74) is 0.900. The van der Waals surface area contributed by atoms with E-state index in [0.717, 1.165) is 17.1 Å². The fourth-order valence-electron chi connectivity index (χ4n) is 2.03. The molecule has 0 unspecified atom stereocenters. The highest BCUT2D eigenvalue weighted by Gasteiger charge is 2.15. The van der Waals surface area contributed by atoms with Crippen molar-refractivity contribution in [1.82, 2.24) is 0 Å². The van der Waals surface area contributed by atoms with Crippen LogP contribution in [0, 0.1) is 0 Å². The SMILES string of the molecule is Clc1ccc(C(Oc2ccccc2)Oc2ccccc2)cc1. The minimum Gasteiger partial charge on any atom is -0.451 e. The van der Waals surface area contributed by atoms with Gasteiger partial charge in [-0.25, -0.2) is 0 Å². The van der Waals surface area contributed by atoms with Gasteiger partial charge in [-0.3, -0.25) is 0 Å². The summed E-state index contributed by atoms with van der Waals surface area (Å²) in [7, 11) is 0. The van der Waals surface area contributed by atoms with Gasteiger partial charge >= 0.3 is 0 Å². The molecule has 0 N–H and O–H groups in total. The van der Waals surface area contributed by atoms with Crippen LogP contribution in [-0.4, -0.2) is 0 Å². The van der Waals surface area contributed by atoms with Crippen molar-refractivity contribution in [3.05, 3.63) is 95.5 Å². The lowest BCUT2D eigenvalue weighted by atomic mass is 10.2. The molecule has 3 heteroatoms. The first-order valence-corrected chi connectivity index (χ1v) is 7.38. The Kier molecular flexibility index (Phi) is 4.62. The number of benzene rings is 3. The van der Waals surface area contributed by atoms with Crippen LogP contribution in [0.1, 0.15) is 11.9 Å². The first-order chi connectivity index (χ1) is 10.8. The van der Waals surface area contributed by atoms with Gasteiger partial charge in [0.1, 0.15) is 11.5 Å². The lowest BCUT2D eigenvalue weighted by molar-refractivity contribution is 0.00382. The van der Waals surface area contributed by atoms with Gasteiger partial charge in [0.15, 0.2) is 0 Å². The molecular weight excluding hydrogens is 296 g/mol. The van der Waals surface area contributed by atoms with Crippen molar-refractivity contribution >= 4 is 11.6 Å². The molecular formula is C19H15ClO2. The summed E-state index contributed by atoms with van der Waals surface area (Å²) in [6.07, 6.45) is -0.540. The van der Waals surface area contributed by atoms with Crippen LogP contribution in [0.15, 0.2) is 84.9 Å². The van der Waals surface area contributed by atoms with E-state index in [2.05, 4.69) is 0 Å². The minimum atomic E-state index is -0.540. The van der Waals surface area contributed by atoms with Crippen molar-refractivity contribution < 1.29 is 9.47 Å². The molecule has 3 aromatic rings. The van der Waals surface area contributed by atoms with Gasteiger partial charge < -0.3 is 9.47 Å². The molecule has 0 spiro atoms. The van der Waals surface area contributed by atoms with Crippen molar-refractivity contribution in [2.45, 2.75) is 6.29 Å². The second kappa shape index (κ2) is 7.01. The first kappa shape index (κ1) is 14.5. The van der Waals surface area contributed by atoms with Gasteiger partial charge in [0.25, 0.3) is 6.29 Å². The fourth-order valence-corrected chi connectivity index (χ4v) is 2.15. The van der Waals surface area contributed by atoms with Crippen LogP contribution in [0.4, 0.5) is 0 Å². The van der Waals surface area contributed by atoms with E-state index in [4.69, 9.17) is 21.1 Å². The summed E-state index contributed by atoms with van der Waals surface area (Å²) < 4.78 is 12.0. The zero-order valence-corrected chi connectivity index (χ0v) is 12.6. The van der Waals surface area contributed by atoms with Crippen molar-refractivity contribution in [3.8, 4) is 11.5 Å². The maximum atomic E-state index is 5.98. The van der Waals surface area contributed by atoms with Crippen LogP contribution in [0.25, 0.3) is 0 Å². The highest BCUT2D eigenvalue weighted by molar-refractivity contribution is 6.30. The lowest BCUT2D eigenvalue weighted by Gasteiger charge is -2.21. The molecule has 0 atom stereocenters. The van der Waals surface area contributed by atoms with Crippen LogP contribution in [0.3, 0.4) is 0 Å². The molecule has 0 bridgehead atoms. The second-order valence-corrected chi connectivity index (χ2v) is 5.18. The summed E-state index contributed by atoms with van der Waals surface area (Å²) in [5.74, 6) is 1.50. The maximum absolute atomic E-state index is 5.98. The van der Waals surface area contributed by atoms with Crippen molar-refractivity contribution in [1.29, 1.82) is 0 Å². The number of ether oxygens (including phenoxy) is 2. The van der Waals surface area contributed by atoms with Crippen molar-refractivity contribution in [3.63, 3.8) is 0 Å². The van der Waals surface area contributed by atoms with Crippen molar-refractivity contribution in [2.75, 3.05) is 0 Å². The Labute approximate surface area is 134 Å². The molecule has 2 nitrogen and oxygen atoms in total. The molecule has 0 aromatic heterocycles. The summed E-state index contributed by atoms with van der Waals surface area (Å²) >= 11 is 5.96. The molecule has 0 fully saturated rings. The van der Waals surface area contributed by atoms with E-state index < -0.39 is 6.29 Å². The number of rotatable bonds is 5. The topological polar surface area (TPSA) is 18.5 Å². The monoisotopic (exact) mass is 310 g/mol. The smallest absolute Gasteiger partial charge is 0.267 e. The quantitative estimate of drug-likeness (QED) is 0.580. The molecule has 0 aliphatic heterocycles. The summed E-state index contributed by atoms with van der Waals surface area (Å²) in [4.78, 5) is 0. The molecule has 0 saturated carbocycles. The van der Waals surface area contributed by atoms with Gasteiger partial charge in [-0.1, -0.05) is 60.1 Å². The average Bonchev–Trinajstić information content (AvgIpc) is 2.57. The number of para-hydroxylation sites is 2. The predicted molar refractivity (Wildman–Crippen MR) is 88.3 cm³/mol. The third kappa shape index (κ3) is 3.80. The summed E-state index contributed by atoms with van der Waals surface area (Å²) in [5, 5.41) is 0.682. The fraction of sp³-hybridized carbons (Fsp3) is 0.0526. The van der Waals surface area contributed by atoms with Gasteiger partial charge in [-0.2, -0.15) is 0 Å². The van der Waals surface area contributed by atoms with Gasteiger partial charge in [0.05, 0.1) is 0 Å². The highest BCUT2D eigenvalue weighted by Crippen LogP contribution is 2.26. The van der Waals surface area contributed by atoms with Gasteiger partial charge in [-0.05, 0) is 36.4 Å². The van der Waals surface area contributed by atoms with E-state index >= 15 is 0 Å². The van der Waals surface area contributed by atoms with Crippen molar-refractivity contribution in [2.24, 2.45) is 0 Å². The van der Waals surface area contributed by atoms with E-state index in [9.17, 15) is 0 Å². The number of halogens is 1. The Hall–Kier alpha value is -2.45. The largest absolute Gasteiger partial charge is 0.451 e. The molecule has 0 radical (unpaired) electrons. The Morgan fingerprint density at radius 1 is 0.591 bits per heavy atom. The predicted octanol–water partition coefficient (Wildman–Crippen LogP) is 5.50. The molecule has 22 heavy (non-hydrogen) atoms. The standard InChI is InChI=1S/C19H15ClO2/c20-16-13-11-15(12-14-16)19(21-17-7-3-1-4-8-17)22-18-9-5-2-6-10-18/h1-14,19H. The molecule has 3 rings (SSSR count). The van der Waals surface area contributed by atoms with Crippen LogP contribution < -0.4 is 9.47 Å². The highest BCUT2D eigenvalue weighted by atomic mass is 35.5. The maximum Gasteiger partial charge on any atom is 0.267 e.